The predicted octanol–water partition coefficient (Wildman–Crippen LogP) is 2.81. The predicted molar refractivity (Wildman–Crippen MR) is 126 cm³/mol. The molecule has 170 valence electrons. The molecule has 1 unspecified atom stereocenters. The fourth-order valence-electron chi connectivity index (χ4n) is 3.21. The molecule has 1 amide bonds. The molecule has 1 aromatic carbocycles. The van der Waals surface area contributed by atoms with Gasteiger partial charge in [0.05, 0.1) is 17.6 Å². The lowest BCUT2D eigenvalue weighted by molar-refractivity contribution is -0.128. The van der Waals surface area contributed by atoms with Gasteiger partial charge in [0.25, 0.3) is 0 Å². The Morgan fingerprint density at radius 2 is 2.07 bits per heavy atom. The van der Waals surface area contributed by atoms with E-state index in [9.17, 15) is 13.6 Å². The number of rotatable bonds is 8. The number of aliphatic imine (C=N–C) groups is 1. The number of amides is 1. The molecule has 30 heavy (non-hydrogen) atoms. The van der Waals surface area contributed by atoms with Gasteiger partial charge in [0.1, 0.15) is 5.75 Å². The summed E-state index contributed by atoms with van der Waals surface area (Å²) in [4.78, 5) is 18.5. The normalized spacial score (nSPS) is 16.8. The van der Waals surface area contributed by atoms with E-state index < -0.39 is 12.0 Å². The van der Waals surface area contributed by atoms with Crippen LogP contribution in [0.2, 0.25) is 0 Å². The zero-order valence-corrected chi connectivity index (χ0v) is 20.2. The van der Waals surface area contributed by atoms with Crippen LogP contribution < -0.4 is 25.6 Å². The molecule has 7 nitrogen and oxygen atoms in total. The van der Waals surface area contributed by atoms with E-state index >= 15 is 0 Å². The topological polar surface area (TPSA) is 78.0 Å². The van der Waals surface area contributed by atoms with E-state index in [-0.39, 0.29) is 41.7 Å². The molecule has 1 aliphatic heterocycles. The smallest absolute Gasteiger partial charge is 0.387 e. The molecule has 0 radical (unpaired) electrons. The van der Waals surface area contributed by atoms with E-state index in [4.69, 9.17) is 0 Å². The summed E-state index contributed by atoms with van der Waals surface area (Å²) in [6.45, 7) is 5.17. The van der Waals surface area contributed by atoms with Crippen LogP contribution in [-0.2, 0) is 4.79 Å². The minimum absolute atomic E-state index is 0. The largest absolute Gasteiger partial charge is 0.433 e. The molecule has 0 spiro atoms. The first-order valence-corrected chi connectivity index (χ1v) is 9.82. The van der Waals surface area contributed by atoms with Crippen LogP contribution in [0.15, 0.2) is 29.3 Å². The minimum atomic E-state index is -2.86. The fraction of sp³-hybridized carbons (Fsp3) is 0.600. The maximum atomic E-state index is 12.7. The van der Waals surface area contributed by atoms with Crippen molar-refractivity contribution >= 4 is 41.5 Å². The van der Waals surface area contributed by atoms with E-state index in [1.54, 1.807) is 31.3 Å². The average Bonchev–Trinajstić information content (AvgIpc) is 3.14. The third-order valence-corrected chi connectivity index (χ3v) is 4.77. The molecule has 1 saturated heterocycles. The molecule has 0 bridgehead atoms. The third-order valence-electron chi connectivity index (χ3n) is 4.77. The van der Waals surface area contributed by atoms with Crippen molar-refractivity contribution in [3.05, 3.63) is 24.3 Å². The molecule has 2 rings (SSSR count). The Balaban J connectivity index is 0.00000450. The summed E-state index contributed by atoms with van der Waals surface area (Å²) in [5, 5.41) is 9.23. The van der Waals surface area contributed by atoms with Gasteiger partial charge in [0.2, 0.25) is 5.91 Å². The van der Waals surface area contributed by atoms with Gasteiger partial charge in [0, 0.05) is 32.7 Å². The lowest BCUT2D eigenvalue weighted by Crippen LogP contribution is -2.45. The second-order valence-corrected chi connectivity index (χ2v) is 7.58. The van der Waals surface area contributed by atoms with Crippen molar-refractivity contribution in [2.75, 3.05) is 38.1 Å². The second-order valence-electron chi connectivity index (χ2n) is 7.58. The van der Waals surface area contributed by atoms with Gasteiger partial charge in [-0.1, -0.05) is 12.1 Å². The molecule has 1 aliphatic rings. The van der Waals surface area contributed by atoms with E-state index in [0.717, 1.165) is 6.42 Å². The van der Waals surface area contributed by atoms with Crippen LogP contribution in [0.3, 0.4) is 0 Å². The number of guanidine groups is 1. The molecule has 10 heteroatoms. The number of benzene rings is 1. The highest BCUT2D eigenvalue weighted by atomic mass is 127. The summed E-state index contributed by atoms with van der Waals surface area (Å²) in [7, 11) is 1.61. The first kappa shape index (κ1) is 26.2. The van der Waals surface area contributed by atoms with Gasteiger partial charge in [-0.05, 0) is 39.3 Å². The first-order valence-electron chi connectivity index (χ1n) is 9.82. The van der Waals surface area contributed by atoms with Crippen molar-refractivity contribution in [1.29, 1.82) is 0 Å². The number of para-hydroxylation sites is 2. The van der Waals surface area contributed by atoms with Crippen molar-refractivity contribution in [2.24, 2.45) is 10.4 Å². The Labute approximate surface area is 194 Å². The Morgan fingerprint density at radius 3 is 2.70 bits per heavy atom. The summed E-state index contributed by atoms with van der Waals surface area (Å²) in [5.74, 6) is 0.740. The van der Waals surface area contributed by atoms with Gasteiger partial charge in [-0.2, -0.15) is 8.78 Å². The number of ether oxygens (including phenoxy) is 1. The SMILES string of the molecule is CCNC(=NCC(C)(C)C(=O)NC)NC1CCN(c2ccccc2OC(F)F)C1.I. The molecule has 3 N–H and O–H groups in total. The van der Waals surface area contributed by atoms with Crippen LogP contribution in [0, 0.1) is 5.41 Å². The average molecular weight is 539 g/mol. The van der Waals surface area contributed by atoms with E-state index in [0.29, 0.717) is 37.8 Å². The Kier molecular flexibility index (Phi) is 10.6. The van der Waals surface area contributed by atoms with Crippen molar-refractivity contribution in [3.63, 3.8) is 0 Å². The van der Waals surface area contributed by atoms with Crippen LogP contribution in [0.25, 0.3) is 0 Å². The molecular formula is C20H32F2IN5O2. The lowest BCUT2D eigenvalue weighted by atomic mass is 9.93. The molecular weight excluding hydrogens is 507 g/mol. The number of carbonyl (C=O) groups is 1. The maximum Gasteiger partial charge on any atom is 0.387 e. The second kappa shape index (κ2) is 12.1. The standard InChI is InChI=1S/C20H31F2N5O2.HI/c1-5-24-19(25-13-20(2,3)17(28)23-4)26-14-10-11-27(12-14)15-8-6-7-9-16(15)29-18(21)22;/h6-9,14,18H,5,10-13H2,1-4H3,(H,23,28)(H2,24,25,26);1H. The highest BCUT2D eigenvalue weighted by molar-refractivity contribution is 14.0. The zero-order valence-electron chi connectivity index (χ0n) is 17.9. The molecule has 0 saturated carbocycles. The van der Waals surface area contributed by atoms with Crippen LogP contribution in [0.4, 0.5) is 14.5 Å². The molecule has 1 atom stereocenters. The monoisotopic (exact) mass is 539 g/mol. The number of nitrogens with zero attached hydrogens (tertiary/aromatic N) is 2. The van der Waals surface area contributed by atoms with Gasteiger partial charge in [0.15, 0.2) is 5.96 Å². The first-order chi connectivity index (χ1) is 13.8. The number of halogens is 3. The lowest BCUT2D eigenvalue weighted by Gasteiger charge is -2.23. The Hall–Kier alpha value is -1.85. The zero-order chi connectivity index (χ0) is 21.4. The van der Waals surface area contributed by atoms with Crippen molar-refractivity contribution in [2.45, 2.75) is 39.8 Å². The van der Waals surface area contributed by atoms with Crippen LogP contribution in [-0.4, -0.2) is 57.7 Å². The Bertz CT molecular complexity index is 718. The number of hydrogen-bond donors (Lipinski definition) is 3. The molecule has 0 aromatic heterocycles. The summed E-state index contributed by atoms with van der Waals surface area (Å²) >= 11 is 0. The number of nitrogens with one attached hydrogen (secondary N) is 3. The third kappa shape index (κ3) is 7.44. The highest BCUT2D eigenvalue weighted by Crippen LogP contribution is 2.31. The van der Waals surface area contributed by atoms with Gasteiger partial charge in [-0.3, -0.25) is 9.79 Å². The maximum absolute atomic E-state index is 12.7. The van der Waals surface area contributed by atoms with Crippen LogP contribution >= 0.6 is 24.0 Å². The van der Waals surface area contributed by atoms with Gasteiger partial charge >= 0.3 is 6.61 Å². The van der Waals surface area contributed by atoms with Crippen molar-refractivity contribution in [3.8, 4) is 5.75 Å². The minimum Gasteiger partial charge on any atom is -0.433 e. The van der Waals surface area contributed by atoms with Crippen LogP contribution in [0.1, 0.15) is 27.2 Å². The van der Waals surface area contributed by atoms with Crippen molar-refractivity contribution in [1.82, 2.24) is 16.0 Å². The van der Waals surface area contributed by atoms with Crippen molar-refractivity contribution < 1.29 is 18.3 Å². The Morgan fingerprint density at radius 1 is 1.37 bits per heavy atom. The van der Waals surface area contributed by atoms with Gasteiger partial charge in [-0.15, -0.1) is 24.0 Å². The summed E-state index contributed by atoms with van der Waals surface area (Å²) < 4.78 is 30.0. The van der Waals surface area contributed by atoms with E-state index in [1.165, 1.54) is 0 Å². The van der Waals surface area contributed by atoms with Gasteiger partial charge < -0.3 is 25.6 Å². The number of hydrogen-bond acceptors (Lipinski definition) is 4. The van der Waals surface area contributed by atoms with E-state index in [1.807, 2.05) is 25.7 Å². The fourth-order valence-corrected chi connectivity index (χ4v) is 3.21. The number of alkyl halides is 2. The molecule has 1 aromatic rings. The van der Waals surface area contributed by atoms with Crippen LogP contribution in [0.5, 0.6) is 5.75 Å². The molecule has 1 heterocycles. The summed E-state index contributed by atoms with van der Waals surface area (Å²) in [6, 6.07) is 6.91. The van der Waals surface area contributed by atoms with E-state index in [2.05, 4.69) is 25.7 Å². The molecule has 1 fully saturated rings. The van der Waals surface area contributed by atoms with Gasteiger partial charge in [-0.25, -0.2) is 0 Å². The highest BCUT2D eigenvalue weighted by Gasteiger charge is 2.28. The quantitative estimate of drug-likeness (QED) is 0.269. The summed E-state index contributed by atoms with van der Waals surface area (Å²) in [6.07, 6.45) is 0.826. The summed E-state index contributed by atoms with van der Waals surface area (Å²) in [5.41, 5.74) is 0.0319. The number of anilines is 1. The number of carbonyl (C=O) groups excluding carboxylic acids is 1. The molecule has 0 aliphatic carbocycles.